The van der Waals surface area contributed by atoms with E-state index in [4.69, 9.17) is 28.8 Å². The fraction of sp³-hybridized carbons (Fsp3) is 0.194. The molecule has 110 heavy (non-hydrogen) atoms. The molecule has 0 aliphatic rings. The average molecular weight is 1610 g/mol. The molecule has 0 aliphatic heterocycles. The van der Waals surface area contributed by atoms with Gasteiger partial charge in [0.05, 0.1) is 0 Å². The van der Waals surface area contributed by atoms with Crippen molar-refractivity contribution in [1.29, 1.82) is 0 Å². The van der Waals surface area contributed by atoms with Crippen LogP contribution in [0.15, 0.2) is 362 Å². The second kappa shape index (κ2) is 50.5. The number of ether oxygens (including phenoxy) is 5. The highest BCUT2D eigenvalue weighted by Gasteiger charge is 2.20. The van der Waals surface area contributed by atoms with Gasteiger partial charge in [0, 0.05) is 99.9 Å². The summed E-state index contributed by atoms with van der Waals surface area (Å²) in [6.45, 7) is 3.95. The smallest absolute Gasteiger partial charge is 0.508 e. The van der Waals surface area contributed by atoms with Crippen molar-refractivity contribution in [2.24, 2.45) is 0 Å². The Hall–Kier alpha value is -9.30. The van der Waals surface area contributed by atoms with Gasteiger partial charge in [0.25, 0.3) is 0 Å². The third-order valence-corrected chi connectivity index (χ3v) is 26.1. The number of phenolic OH excluding ortho intramolecular Hbond substituents is 2. The zero-order chi connectivity index (χ0) is 79.4. The second-order valence-electron chi connectivity index (χ2n) is 25.4. The molecule has 0 heterocycles. The lowest BCUT2D eigenvalue weighted by Gasteiger charge is -2.07. The first kappa shape index (κ1) is 89.6. The number of esters is 1. The van der Waals surface area contributed by atoms with Crippen molar-refractivity contribution in [3.63, 3.8) is 0 Å². The highest BCUT2D eigenvalue weighted by Crippen LogP contribution is 2.25. The summed E-state index contributed by atoms with van der Waals surface area (Å²) < 4.78 is 25.4. The molecule has 0 fully saturated rings. The molecule has 2 N–H and O–H groups in total. The summed E-state index contributed by atoms with van der Waals surface area (Å²) in [6, 6.07) is 108. The Bertz CT molecular complexity index is 4390. The Kier molecular flexibility index (Phi) is 41.1. The van der Waals surface area contributed by atoms with E-state index in [0.717, 1.165) is 28.4 Å². The van der Waals surface area contributed by atoms with Gasteiger partial charge in [-0.3, -0.25) is 4.79 Å². The van der Waals surface area contributed by atoms with E-state index >= 15 is 0 Å². The van der Waals surface area contributed by atoms with Crippen LogP contribution >= 0.6 is 0 Å². The Morgan fingerprint density at radius 2 is 0.482 bits per heavy atom. The van der Waals surface area contributed by atoms with Crippen LogP contribution in [0.25, 0.3) is 0 Å². The van der Waals surface area contributed by atoms with E-state index in [0.29, 0.717) is 61.4 Å². The number of rotatable bonds is 20. The van der Waals surface area contributed by atoms with Crippen LogP contribution in [-0.4, -0.2) is 97.3 Å². The molecule has 572 valence electrons. The van der Waals surface area contributed by atoms with Crippen molar-refractivity contribution in [3.05, 3.63) is 361 Å². The van der Waals surface area contributed by atoms with E-state index in [2.05, 4.69) is 209 Å². The molecular weight excluding hydrogens is 1500 g/mol. The number of carbonyl (C=O) groups is 3. The first-order valence-corrected chi connectivity index (χ1v) is 48.8. The minimum atomic E-state index is -0.693. The van der Waals surface area contributed by atoms with Crippen molar-refractivity contribution in [3.8, 4) is 28.7 Å². The van der Waals surface area contributed by atoms with Crippen molar-refractivity contribution >= 4 is 94.5 Å². The third-order valence-electron chi connectivity index (χ3n) is 15.7. The van der Waals surface area contributed by atoms with E-state index in [1.165, 1.54) is 63.4 Å². The van der Waals surface area contributed by atoms with Crippen LogP contribution in [-0.2, 0) is 121 Å². The predicted molar refractivity (Wildman–Crippen MR) is 474 cm³/mol. The van der Waals surface area contributed by atoms with E-state index in [9.17, 15) is 19.5 Å². The molecule has 0 aliphatic carbocycles. The maximum absolute atomic E-state index is 11.8. The van der Waals surface area contributed by atoms with Gasteiger partial charge in [0.15, 0.2) is 34.3 Å². The Balaban J connectivity index is 0.000000206. The number of aryl methyl sites for hydroxylation is 1. The van der Waals surface area contributed by atoms with Crippen LogP contribution in [0, 0.1) is 6.92 Å². The molecule has 0 aromatic heterocycles. The molecule has 12 rings (SSSR count). The normalized spacial score (nSPS) is 11.2. The van der Waals surface area contributed by atoms with Crippen LogP contribution < -0.4 is 14.2 Å². The molecule has 0 saturated carbocycles. The van der Waals surface area contributed by atoms with Crippen molar-refractivity contribution < 1.29 is 48.3 Å². The zero-order valence-electron chi connectivity index (χ0n) is 65.2. The van der Waals surface area contributed by atoms with E-state index in [1.807, 2.05) is 158 Å². The standard InChI is InChI=1S/C22H21O3S.C16H17O3S.C15H17S.C14H14OS.C10H13O2S.C8H10OS.C8H11S/c1-26(17-19-10-6-3-7-11-19)21-14-12-20(13-15-21)25-22(23)24-16-18-8-4-2-5-9-18;1-20(2)15-10-8-14(9-11-15)19-16(17)18-12-13-6-4-3-5-7-13;1-13-8-10-15(11-9-13)16(2)12-14-6-4-3-5-7-14;1-16(11-12-5-3-2-4-6-12)14-9-7-13(15)8-10-14;1-8(11)12-9-4-6-10(7-5-9)13(2)3;1-10(2)8-5-3-7(9)4-6-8;1-9(2)8-6-4-3-5-7-8/h2-15H,16-17H2,1H3;3-11H,12H2,1-2H3;3-11H,12H2,1-2H3;2-10H,11H2,1H3;4-7H,1-3H3;3-6H,1-2H3;3-7H,1-2H3/q3*+1;;+1;;+1/p+2. The molecule has 12 aromatic rings. The fourth-order valence-corrected chi connectivity index (χ4v) is 16.9. The molecule has 3 atom stereocenters. The number of hydrogen-bond donors (Lipinski definition) is 2. The topological polar surface area (TPSA) is 138 Å². The van der Waals surface area contributed by atoms with Gasteiger partial charge >= 0.3 is 18.3 Å². The predicted octanol–water partition coefficient (Wildman–Crippen LogP) is 21.3. The number of carbonyl (C=O) groups excluding carboxylic acids is 3. The molecule has 10 nitrogen and oxygen atoms in total. The molecule has 3 unspecified atom stereocenters. The van der Waals surface area contributed by atoms with Gasteiger partial charge in [-0.15, -0.1) is 0 Å². The number of phenols is 2. The lowest BCUT2D eigenvalue weighted by molar-refractivity contribution is -0.131. The average Bonchev–Trinajstić information content (AvgIpc) is 0.878. The zero-order valence-corrected chi connectivity index (χ0v) is 70.9. The van der Waals surface area contributed by atoms with Gasteiger partial charge in [-0.1, -0.05) is 188 Å². The Morgan fingerprint density at radius 1 is 0.264 bits per heavy atom. The summed E-state index contributed by atoms with van der Waals surface area (Å²) in [4.78, 5) is 43.2. The van der Waals surface area contributed by atoms with Gasteiger partial charge in [-0.2, -0.15) is 0 Å². The molecule has 0 spiro atoms. The number of aromatic hydroxyl groups is 2. The second-order valence-corrected chi connectivity index (χ2v) is 40.0. The monoisotopic (exact) mass is 1610 g/mol. The first-order chi connectivity index (χ1) is 53.0. The van der Waals surface area contributed by atoms with Crippen molar-refractivity contribution in [2.45, 2.75) is 78.6 Å². The highest BCUT2D eigenvalue weighted by atomic mass is 32.2. The third kappa shape index (κ3) is 36.5. The molecule has 17 heteroatoms. The molecular formula is C93H105O10S7+7. The fourth-order valence-electron chi connectivity index (χ4n) is 9.73. The summed E-state index contributed by atoms with van der Waals surface area (Å²) in [7, 11) is 1.78. The summed E-state index contributed by atoms with van der Waals surface area (Å²) in [5.41, 5.74) is 7.30. The number of hydrogen-bond acceptors (Lipinski definition) is 10. The Labute approximate surface area is 674 Å². The minimum Gasteiger partial charge on any atom is -0.508 e. The molecule has 0 saturated heterocycles. The SMILES string of the molecule is CC(=O)Oc1ccc([S+](C)C)cc1.C[S+](C)c1ccc(O)cc1.C[S+](C)c1ccc(OC(=O)OCc2ccccc2)cc1.C[S+](C)c1ccccc1.C[S+](Cc1ccccc1)c1ccc(O)cc1.C[S+](Cc1ccccc1)c1ccc(OC(=O)OCc2ccccc2)cc1.Cc1ccc([S+](C)Cc2ccccc2)cc1. The van der Waals surface area contributed by atoms with E-state index < -0.39 is 12.3 Å². The van der Waals surface area contributed by atoms with Crippen molar-refractivity contribution in [2.75, 3.05) is 68.8 Å². The maximum Gasteiger partial charge on any atom is 0.514 e. The van der Waals surface area contributed by atoms with Crippen LogP contribution in [0.5, 0.6) is 28.7 Å². The van der Waals surface area contributed by atoms with Gasteiger partial charge in [0.2, 0.25) is 0 Å². The first-order valence-electron chi connectivity index (χ1n) is 35.2. The van der Waals surface area contributed by atoms with Gasteiger partial charge < -0.3 is 33.9 Å². The summed E-state index contributed by atoms with van der Waals surface area (Å²) in [5, 5.41) is 18.2. The minimum absolute atomic E-state index is 0.0946. The van der Waals surface area contributed by atoms with Gasteiger partial charge in [-0.25, -0.2) is 9.59 Å². The summed E-state index contributed by atoms with van der Waals surface area (Å²) >= 11 is 0. The van der Waals surface area contributed by atoms with Crippen LogP contribution in [0.1, 0.15) is 40.3 Å². The molecule has 12 aromatic carbocycles. The van der Waals surface area contributed by atoms with Crippen molar-refractivity contribution in [1.82, 2.24) is 0 Å². The quantitative estimate of drug-likeness (QED) is 0.0328. The summed E-state index contributed by atoms with van der Waals surface area (Å²) in [6.07, 6.45) is 22.8. The van der Waals surface area contributed by atoms with Gasteiger partial charge in [-0.05, 0) is 164 Å². The maximum atomic E-state index is 11.8. The lowest BCUT2D eigenvalue weighted by Crippen LogP contribution is -2.10. The Morgan fingerprint density at radius 3 is 0.745 bits per heavy atom. The lowest BCUT2D eigenvalue weighted by atomic mass is 10.2. The molecule has 0 amide bonds. The van der Waals surface area contributed by atoms with E-state index in [-0.39, 0.29) is 62.8 Å². The van der Waals surface area contributed by atoms with Crippen LogP contribution in [0.2, 0.25) is 0 Å². The van der Waals surface area contributed by atoms with Crippen LogP contribution in [0.3, 0.4) is 0 Å². The number of benzene rings is 12. The van der Waals surface area contributed by atoms with E-state index in [1.54, 1.807) is 36.4 Å². The van der Waals surface area contributed by atoms with Crippen LogP contribution in [0.4, 0.5) is 9.59 Å². The summed E-state index contributed by atoms with van der Waals surface area (Å²) in [5.74, 6) is 5.20. The molecule has 0 bridgehead atoms. The largest absolute Gasteiger partial charge is 0.514 e. The highest BCUT2D eigenvalue weighted by molar-refractivity contribution is 7.97. The molecule has 0 radical (unpaired) electrons. The van der Waals surface area contributed by atoms with Gasteiger partial charge in [0.1, 0.15) is 128 Å².